The van der Waals surface area contributed by atoms with Crippen molar-refractivity contribution < 1.29 is 0 Å². The monoisotopic (exact) mass is 242 g/mol. The van der Waals surface area contributed by atoms with Crippen molar-refractivity contribution in [1.82, 2.24) is 15.5 Å². The van der Waals surface area contributed by atoms with E-state index in [-0.39, 0.29) is 0 Å². The van der Waals surface area contributed by atoms with Crippen LogP contribution in [0.2, 0.25) is 0 Å². The Balaban J connectivity index is 1.88. The van der Waals surface area contributed by atoms with Crippen molar-refractivity contribution in [3.05, 3.63) is 30.5 Å². The normalized spacial score (nSPS) is 19.3. The average molecular weight is 242 g/mol. The topological polar surface area (TPSA) is 41.0 Å². The second-order valence-corrected chi connectivity index (χ2v) is 4.93. The van der Waals surface area contributed by atoms with Crippen LogP contribution in [0.25, 0.3) is 10.8 Å². The van der Waals surface area contributed by atoms with E-state index in [1.807, 2.05) is 12.3 Å². The summed E-state index contributed by atoms with van der Waals surface area (Å²) in [6.45, 7) is 2.13. The molecule has 2 heterocycles. The van der Waals surface area contributed by atoms with Crippen LogP contribution in [-0.2, 0) is 0 Å². The predicted molar refractivity (Wildman–Crippen MR) is 73.8 cm³/mol. The van der Waals surface area contributed by atoms with Crippen molar-refractivity contribution in [2.75, 3.05) is 25.0 Å². The zero-order chi connectivity index (χ0) is 12.4. The Morgan fingerprint density at radius 1 is 1.39 bits per heavy atom. The predicted octanol–water partition coefficient (Wildman–Crippen LogP) is 1.82. The minimum absolute atomic E-state index is 0.579. The summed E-state index contributed by atoms with van der Waals surface area (Å²) in [6, 6.07) is 8.85. The van der Waals surface area contributed by atoms with Crippen LogP contribution >= 0.6 is 0 Å². The van der Waals surface area contributed by atoms with E-state index in [9.17, 15) is 0 Å². The third kappa shape index (κ3) is 2.16. The Morgan fingerprint density at radius 2 is 2.28 bits per heavy atom. The molecule has 1 aliphatic heterocycles. The van der Waals surface area contributed by atoms with Gasteiger partial charge in [0.05, 0.1) is 6.20 Å². The van der Waals surface area contributed by atoms with E-state index in [0.29, 0.717) is 6.04 Å². The molecule has 1 unspecified atom stereocenters. The number of rotatable bonds is 3. The lowest BCUT2D eigenvalue weighted by Crippen LogP contribution is -2.35. The van der Waals surface area contributed by atoms with Gasteiger partial charge in [0.25, 0.3) is 0 Å². The zero-order valence-corrected chi connectivity index (χ0v) is 10.6. The summed E-state index contributed by atoms with van der Waals surface area (Å²) in [6.07, 6.45) is 4.35. The second kappa shape index (κ2) is 4.90. The number of hydrogen-bond acceptors (Lipinski definition) is 4. The Kier molecular flexibility index (Phi) is 3.11. The zero-order valence-electron chi connectivity index (χ0n) is 10.6. The van der Waals surface area contributed by atoms with Gasteiger partial charge in [0.2, 0.25) is 0 Å². The SMILES string of the molecule is CN(CC1CCCN1)c1nncc2ccccc12. The highest BCUT2D eigenvalue weighted by molar-refractivity contribution is 5.91. The van der Waals surface area contributed by atoms with E-state index >= 15 is 0 Å². The largest absolute Gasteiger partial charge is 0.356 e. The summed E-state index contributed by atoms with van der Waals surface area (Å²) in [5, 5.41) is 14.2. The van der Waals surface area contributed by atoms with Crippen LogP contribution in [0.15, 0.2) is 30.5 Å². The molecule has 0 aliphatic carbocycles. The lowest BCUT2D eigenvalue weighted by molar-refractivity contribution is 0.597. The number of fused-ring (bicyclic) bond motifs is 1. The van der Waals surface area contributed by atoms with Crippen molar-refractivity contribution in [1.29, 1.82) is 0 Å². The summed E-state index contributed by atoms with van der Waals surface area (Å²) in [5.41, 5.74) is 0. The number of nitrogens with zero attached hydrogens (tertiary/aromatic N) is 3. The molecule has 1 fully saturated rings. The van der Waals surface area contributed by atoms with Crippen molar-refractivity contribution in [3.63, 3.8) is 0 Å². The molecule has 1 atom stereocenters. The summed E-state index contributed by atoms with van der Waals surface area (Å²) < 4.78 is 0. The van der Waals surface area contributed by atoms with E-state index < -0.39 is 0 Å². The number of benzene rings is 1. The molecular weight excluding hydrogens is 224 g/mol. The van der Waals surface area contributed by atoms with E-state index in [4.69, 9.17) is 0 Å². The Bertz CT molecular complexity index is 529. The van der Waals surface area contributed by atoms with Crippen LogP contribution in [0.3, 0.4) is 0 Å². The molecule has 0 amide bonds. The number of anilines is 1. The van der Waals surface area contributed by atoms with E-state index in [0.717, 1.165) is 24.3 Å². The summed E-state index contributed by atoms with van der Waals surface area (Å²) >= 11 is 0. The van der Waals surface area contributed by atoms with Gasteiger partial charge in [-0.25, -0.2) is 0 Å². The van der Waals surface area contributed by atoms with Gasteiger partial charge in [-0.3, -0.25) is 0 Å². The van der Waals surface area contributed by atoms with Gasteiger partial charge in [-0.05, 0) is 19.4 Å². The van der Waals surface area contributed by atoms with Gasteiger partial charge in [-0.1, -0.05) is 24.3 Å². The number of hydrogen-bond donors (Lipinski definition) is 1. The van der Waals surface area contributed by atoms with Crippen LogP contribution in [0.4, 0.5) is 5.82 Å². The smallest absolute Gasteiger partial charge is 0.158 e. The minimum Gasteiger partial charge on any atom is -0.356 e. The molecule has 18 heavy (non-hydrogen) atoms. The fraction of sp³-hybridized carbons (Fsp3) is 0.429. The summed E-state index contributed by atoms with van der Waals surface area (Å²) in [4.78, 5) is 2.21. The van der Waals surface area contributed by atoms with Crippen LogP contribution in [0.1, 0.15) is 12.8 Å². The quantitative estimate of drug-likeness (QED) is 0.891. The minimum atomic E-state index is 0.579. The maximum atomic E-state index is 4.30. The first-order valence-corrected chi connectivity index (χ1v) is 6.49. The molecule has 94 valence electrons. The molecule has 4 heteroatoms. The first-order valence-electron chi connectivity index (χ1n) is 6.49. The van der Waals surface area contributed by atoms with Gasteiger partial charge in [0.15, 0.2) is 5.82 Å². The lowest BCUT2D eigenvalue weighted by atomic mass is 10.1. The molecular formula is C14H18N4. The Hall–Kier alpha value is -1.68. The van der Waals surface area contributed by atoms with Gasteiger partial charge in [0, 0.05) is 30.4 Å². The van der Waals surface area contributed by atoms with Crippen molar-refractivity contribution in [2.45, 2.75) is 18.9 Å². The van der Waals surface area contributed by atoms with Gasteiger partial charge in [-0.15, -0.1) is 5.10 Å². The van der Waals surface area contributed by atoms with Crippen LogP contribution in [0.5, 0.6) is 0 Å². The molecule has 0 spiro atoms. The average Bonchev–Trinajstić information content (AvgIpc) is 2.91. The van der Waals surface area contributed by atoms with Crippen LogP contribution in [-0.4, -0.2) is 36.4 Å². The lowest BCUT2D eigenvalue weighted by Gasteiger charge is -2.22. The molecule has 1 aromatic heterocycles. The molecule has 0 bridgehead atoms. The standard InChI is InChI=1S/C14H18N4/c1-18(10-12-6-4-8-15-12)14-13-7-3-2-5-11(13)9-16-17-14/h2-3,5,7,9,12,15H,4,6,8,10H2,1H3. The fourth-order valence-electron chi connectivity index (χ4n) is 2.62. The molecule has 0 saturated carbocycles. The summed E-state index contributed by atoms with van der Waals surface area (Å²) in [7, 11) is 2.09. The highest BCUT2D eigenvalue weighted by Crippen LogP contribution is 2.22. The van der Waals surface area contributed by atoms with Crippen molar-refractivity contribution in [3.8, 4) is 0 Å². The van der Waals surface area contributed by atoms with Gasteiger partial charge in [0.1, 0.15) is 0 Å². The van der Waals surface area contributed by atoms with Gasteiger partial charge < -0.3 is 10.2 Å². The van der Waals surface area contributed by atoms with Crippen LogP contribution < -0.4 is 10.2 Å². The van der Waals surface area contributed by atoms with Crippen molar-refractivity contribution >= 4 is 16.6 Å². The molecule has 2 aromatic rings. The maximum Gasteiger partial charge on any atom is 0.158 e. The highest BCUT2D eigenvalue weighted by Gasteiger charge is 2.17. The number of likely N-dealkylation sites (N-methyl/N-ethyl adjacent to an activating group) is 1. The molecule has 1 aromatic carbocycles. The third-order valence-corrected chi connectivity index (χ3v) is 3.57. The van der Waals surface area contributed by atoms with Gasteiger partial charge in [-0.2, -0.15) is 5.10 Å². The van der Waals surface area contributed by atoms with E-state index in [1.54, 1.807) is 0 Å². The molecule has 0 radical (unpaired) electrons. The van der Waals surface area contributed by atoms with Crippen molar-refractivity contribution in [2.24, 2.45) is 0 Å². The second-order valence-electron chi connectivity index (χ2n) is 4.93. The fourth-order valence-corrected chi connectivity index (χ4v) is 2.62. The third-order valence-electron chi connectivity index (χ3n) is 3.57. The molecule has 1 aliphatic rings. The highest BCUT2D eigenvalue weighted by atomic mass is 15.3. The number of aromatic nitrogens is 2. The first-order chi connectivity index (χ1) is 8.84. The molecule has 1 saturated heterocycles. The molecule has 3 rings (SSSR count). The molecule has 4 nitrogen and oxygen atoms in total. The van der Waals surface area contributed by atoms with Crippen LogP contribution in [0, 0.1) is 0 Å². The number of nitrogens with one attached hydrogen (secondary N) is 1. The maximum absolute atomic E-state index is 4.30. The first kappa shape index (κ1) is 11.4. The van der Waals surface area contributed by atoms with Gasteiger partial charge >= 0.3 is 0 Å². The van der Waals surface area contributed by atoms with E-state index in [1.165, 1.54) is 18.2 Å². The Labute approximate surface area is 107 Å². The summed E-state index contributed by atoms with van der Waals surface area (Å²) in [5.74, 6) is 0.974. The van der Waals surface area contributed by atoms with E-state index in [2.05, 4.69) is 45.7 Å². The molecule has 1 N–H and O–H groups in total. The Morgan fingerprint density at radius 3 is 3.11 bits per heavy atom.